The van der Waals surface area contributed by atoms with Gasteiger partial charge in [0.2, 0.25) is 0 Å². The lowest BCUT2D eigenvalue weighted by atomic mass is 9.80. The number of carbonyl (C=O) groups excluding carboxylic acids is 1. The Labute approximate surface area is 157 Å². The van der Waals surface area contributed by atoms with E-state index in [1.54, 1.807) is 7.11 Å². The van der Waals surface area contributed by atoms with Crippen molar-refractivity contribution in [2.75, 3.05) is 7.11 Å². The number of benzene rings is 2. The molecule has 3 heteroatoms. The number of hydrogen-bond acceptors (Lipinski definition) is 2. The van der Waals surface area contributed by atoms with E-state index in [1.165, 1.54) is 14.7 Å². The van der Waals surface area contributed by atoms with Gasteiger partial charge < -0.3 is 4.74 Å². The Kier molecular flexibility index (Phi) is 5.09. The molecule has 1 aliphatic carbocycles. The molecule has 1 saturated carbocycles. The summed E-state index contributed by atoms with van der Waals surface area (Å²) >= 11 is 2.41. The topological polar surface area (TPSA) is 26.3 Å². The quantitative estimate of drug-likeness (QED) is 0.443. The Morgan fingerprint density at radius 2 is 1.79 bits per heavy atom. The highest BCUT2D eigenvalue weighted by molar-refractivity contribution is 14.1. The number of halogens is 1. The maximum atomic E-state index is 12.9. The van der Waals surface area contributed by atoms with E-state index in [4.69, 9.17) is 4.74 Å². The molecule has 3 rings (SSSR count). The highest BCUT2D eigenvalue weighted by Crippen LogP contribution is 2.47. The van der Waals surface area contributed by atoms with Crippen LogP contribution in [-0.2, 0) is 0 Å². The van der Waals surface area contributed by atoms with Crippen LogP contribution in [0.2, 0.25) is 0 Å². The van der Waals surface area contributed by atoms with Crippen LogP contribution in [0, 0.1) is 5.41 Å². The fourth-order valence-electron chi connectivity index (χ4n) is 3.36. The zero-order valence-corrected chi connectivity index (χ0v) is 16.2. The second-order valence-corrected chi connectivity index (χ2v) is 7.66. The minimum absolute atomic E-state index is 0.257. The summed E-state index contributed by atoms with van der Waals surface area (Å²) in [6.45, 7) is 2.10. The zero-order valence-electron chi connectivity index (χ0n) is 14.0. The van der Waals surface area contributed by atoms with Crippen molar-refractivity contribution in [2.24, 2.45) is 5.41 Å². The fourth-order valence-corrected chi connectivity index (χ4v) is 4.15. The van der Waals surface area contributed by atoms with Gasteiger partial charge in [0, 0.05) is 14.6 Å². The van der Waals surface area contributed by atoms with Gasteiger partial charge in [-0.3, -0.25) is 4.79 Å². The number of allylic oxidation sites excluding steroid dienone is 1. The molecule has 0 bridgehead atoms. The normalized spacial score (nSPS) is 22.3. The van der Waals surface area contributed by atoms with E-state index < -0.39 is 0 Å². The van der Waals surface area contributed by atoms with Crippen molar-refractivity contribution in [3.63, 3.8) is 0 Å². The van der Waals surface area contributed by atoms with Crippen LogP contribution < -0.4 is 4.74 Å². The SMILES string of the molecule is COc1cccc(/C(I)=C2/CCC(C)(C(=O)c3ccccc3)C2)c1. The van der Waals surface area contributed by atoms with Crippen molar-refractivity contribution in [1.82, 2.24) is 0 Å². The van der Waals surface area contributed by atoms with E-state index in [0.717, 1.165) is 30.6 Å². The third-order valence-electron chi connectivity index (χ3n) is 4.80. The van der Waals surface area contributed by atoms with Gasteiger partial charge in [-0.05, 0) is 59.5 Å². The van der Waals surface area contributed by atoms with Gasteiger partial charge in [0.1, 0.15) is 5.75 Å². The monoisotopic (exact) mass is 432 g/mol. The Morgan fingerprint density at radius 3 is 2.50 bits per heavy atom. The molecule has 1 unspecified atom stereocenters. The number of rotatable bonds is 4. The number of carbonyl (C=O) groups is 1. The number of ether oxygens (including phenoxy) is 1. The summed E-state index contributed by atoms with van der Waals surface area (Å²) < 4.78 is 6.57. The Hall–Kier alpha value is -1.62. The Bertz CT molecular complexity index is 779. The molecule has 124 valence electrons. The van der Waals surface area contributed by atoms with Gasteiger partial charge in [-0.15, -0.1) is 0 Å². The number of methoxy groups -OCH3 is 1. The Balaban J connectivity index is 1.86. The van der Waals surface area contributed by atoms with Gasteiger partial charge in [-0.1, -0.05) is 55.0 Å². The lowest BCUT2D eigenvalue weighted by Crippen LogP contribution is -2.24. The minimum atomic E-state index is -0.300. The molecular weight excluding hydrogens is 411 g/mol. The third kappa shape index (κ3) is 3.41. The minimum Gasteiger partial charge on any atom is -0.497 e. The van der Waals surface area contributed by atoms with E-state index >= 15 is 0 Å². The van der Waals surface area contributed by atoms with Crippen LogP contribution in [0.25, 0.3) is 3.58 Å². The summed E-state index contributed by atoms with van der Waals surface area (Å²) in [5.74, 6) is 1.12. The van der Waals surface area contributed by atoms with Crippen molar-refractivity contribution in [1.29, 1.82) is 0 Å². The summed E-state index contributed by atoms with van der Waals surface area (Å²) in [5.41, 5.74) is 3.06. The standard InChI is InChI=1S/C21H21IO2/c1-21(20(23)15-7-4-3-5-8-15)12-11-17(14-21)19(22)16-9-6-10-18(13-16)24-2/h3-10,13H,11-12,14H2,1-2H3/b19-17+. The average Bonchev–Trinajstić information content (AvgIpc) is 3.04. The molecule has 0 saturated heterocycles. The van der Waals surface area contributed by atoms with Crippen molar-refractivity contribution >= 4 is 32.0 Å². The molecule has 0 aliphatic heterocycles. The van der Waals surface area contributed by atoms with Crippen LogP contribution in [0.5, 0.6) is 5.75 Å². The molecule has 1 aliphatic rings. The first-order valence-corrected chi connectivity index (χ1v) is 9.23. The molecule has 0 spiro atoms. The van der Waals surface area contributed by atoms with Crippen LogP contribution in [0.4, 0.5) is 0 Å². The molecule has 0 radical (unpaired) electrons. The van der Waals surface area contributed by atoms with E-state index in [-0.39, 0.29) is 11.2 Å². The molecular formula is C21H21IO2. The first kappa shape index (κ1) is 17.2. The van der Waals surface area contributed by atoms with Crippen molar-refractivity contribution < 1.29 is 9.53 Å². The van der Waals surface area contributed by atoms with Crippen LogP contribution in [0.15, 0.2) is 60.2 Å². The highest BCUT2D eigenvalue weighted by Gasteiger charge is 2.39. The van der Waals surface area contributed by atoms with Gasteiger partial charge in [0.25, 0.3) is 0 Å². The number of ketones is 1. The molecule has 0 N–H and O–H groups in total. The zero-order chi connectivity index (χ0) is 17.2. The van der Waals surface area contributed by atoms with Crippen LogP contribution in [0.1, 0.15) is 42.1 Å². The van der Waals surface area contributed by atoms with Crippen molar-refractivity contribution in [3.05, 3.63) is 71.3 Å². The Morgan fingerprint density at radius 1 is 1.08 bits per heavy atom. The van der Waals surface area contributed by atoms with Crippen LogP contribution in [-0.4, -0.2) is 12.9 Å². The second kappa shape index (κ2) is 7.09. The van der Waals surface area contributed by atoms with E-state index in [9.17, 15) is 4.79 Å². The van der Waals surface area contributed by atoms with Crippen molar-refractivity contribution in [2.45, 2.75) is 26.2 Å². The van der Waals surface area contributed by atoms with Gasteiger partial charge in [-0.25, -0.2) is 0 Å². The first-order chi connectivity index (χ1) is 11.5. The molecule has 24 heavy (non-hydrogen) atoms. The maximum absolute atomic E-state index is 12.9. The highest BCUT2D eigenvalue weighted by atomic mass is 127. The van der Waals surface area contributed by atoms with E-state index in [1.807, 2.05) is 42.5 Å². The van der Waals surface area contributed by atoms with Gasteiger partial charge in [-0.2, -0.15) is 0 Å². The predicted molar refractivity (Wildman–Crippen MR) is 107 cm³/mol. The summed E-state index contributed by atoms with van der Waals surface area (Å²) in [7, 11) is 1.68. The molecule has 0 aromatic heterocycles. The molecule has 0 heterocycles. The molecule has 2 nitrogen and oxygen atoms in total. The number of Topliss-reactive ketones (excluding diaryl/α,β-unsaturated/α-hetero) is 1. The molecule has 2 aromatic carbocycles. The predicted octanol–water partition coefficient (Wildman–Crippen LogP) is 5.91. The average molecular weight is 432 g/mol. The second-order valence-electron chi connectivity index (χ2n) is 6.58. The summed E-state index contributed by atoms with van der Waals surface area (Å²) in [6.07, 6.45) is 2.72. The number of hydrogen-bond donors (Lipinski definition) is 0. The molecule has 1 atom stereocenters. The van der Waals surface area contributed by atoms with Crippen LogP contribution >= 0.6 is 22.6 Å². The van der Waals surface area contributed by atoms with Gasteiger partial charge >= 0.3 is 0 Å². The van der Waals surface area contributed by atoms with E-state index in [0.29, 0.717) is 0 Å². The third-order valence-corrected chi connectivity index (χ3v) is 6.19. The van der Waals surface area contributed by atoms with Gasteiger partial charge in [0.05, 0.1) is 7.11 Å². The van der Waals surface area contributed by atoms with Crippen LogP contribution in [0.3, 0.4) is 0 Å². The maximum Gasteiger partial charge on any atom is 0.169 e. The molecule has 0 amide bonds. The lowest BCUT2D eigenvalue weighted by Gasteiger charge is -2.21. The van der Waals surface area contributed by atoms with E-state index in [2.05, 4.69) is 41.6 Å². The fraction of sp³-hybridized carbons (Fsp3) is 0.286. The van der Waals surface area contributed by atoms with Crippen molar-refractivity contribution in [3.8, 4) is 5.75 Å². The van der Waals surface area contributed by atoms with Gasteiger partial charge in [0.15, 0.2) is 5.78 Å². The molecule has 1 fully saturated rings. The largest absolute Gasteiger partial charge is 0.497 e. The summed E-state index contributed by atoms with van der Waals surface area (Å²) in [4.78, 5) is 12.9. The lowest BCUT2D eigenvalue weighted by molar-refractivity contribution is 0.0827. The summed E-state index contributed by atoms with van der Waals surface area (Å²) in [6, 6.07) is 17.8. The smallest absolute Gasteiger partial charge is 0.169 e. The first-order valence-electron chi connectivity index (χ1n) is 8.15. The summed E-state index contributed by atoms with van der Waals surface area (Å²) in [5, 5.41) is 0. The molecule has 2 aromatic rings.